The molecule has 0 spiro atoms. The lowest BCUT2D eigenvalue weighted by molar-refractivity contribution is 0.0955. The molecule has 1 aliphatic carbocycles. The van der Waals surface area contributed by atoms with Crippen molar-refractivity contribution in [2.24, 2.45) is 5.92 Å². The molecule has 2 aromatic carbocycles. The summed E-state index contributed by atoms with van der Waals surface area (Å²) in [4.78, 5) is 29.1. The summed E-state index contributed by atoms with van der Waals surface area (Å²) in [5, 5.41) is 17.0. The van der Waals surface area contributed by atoms with E-state index < -0.39 is 0 Å². The molecule has 1 aliphatic heterocycles. The van der Waals surface area contributed by atoms with Gasteiger partial charge in [0.05, 0.1) is 17.7 Å². The van der Waals surface area contributed by atoms with Crippen LogP contribution in [0.15, 0.2) is 36.4 Å². The van der Waals surface area contributed by atoms with Gasteiger partial charge in [-0.2, -0.15) is 5.26 Å². The highest BCUT2D eigenvalue weighted by atomic mass is 16.2. The van der Waals surface area contributed by atoms with Gasteiger partial charge in [0.15, 0.2) is 0 Å². The first kappa shape index (κ1) is 21.0. The second kappa shape index (κ2) is 8.84. The van der Waals surface area contributed by atoms with Gasteiger partial charge >= 0.3 is 12.1 Å². The number of amides is 4. The smallest absolute Gasteiger partial charge is 0.318 e. The van der Waals surface area contributed by atoms with Crippen molar-refractivity contribution < 1.29 is 9.59 Å². The molecule has 1 saturated heterocycles. The van der Waals surface area contributed by atoms with Gasteiger partial charge in [0.2, 0.25) is 0 Å². The van der Waals surface area contributed by atoms with Gasteiger partial charge in [-0.1, -0.05) is 25.1 Å². The molecule has 2 aromatic rings. The number of carbonyl (C=O) groups excluding carboxylic acids is 2. The summed E-state index contributed by atoms with van der Waals surface area (Å²) >= 11 is 0. The van der Waals surface area contributed by atoms with Crippen LogP contribution in [0.25, 0.3) is 10.8 Å². The van der Waals surface area contributed by atoms with Crippen molar-refractivity contribution in [2.75, 3.05) is 20.1 Å². The number of benzene rings is 2. The zero-order chi connectivity index (χ0) is 22.0. The molecule has 2 atom stereocenters. The molecule has 1 heterocycles. The van der Waals surface area contributed by atoms with Crippen LogP contribution in [0.2, 0.25) is 0 Å². The van der Waals surface area contributed by atoms with Gasteiger partial charge in [-0.05, 0) is 59.7 Å². The van der Waals surface area contributed by atoms with Gasteiger partial charge < -0.3 is 20.4 Å². The van der Waals surface area contributed by atoms with Crippen molar-refractivity contribution in [1.82, 2.24) is 20.4 Å². The van der Waals surface area contributed by atoms with Gasteiger partial charge in [0.25, 0.3) is 0 Å². The van der Waals surface area contributed by atoms with E-state index in [1.165, 1.54) is 0 Å². The first-order chi connectivity index (χ1) is 15.0. The van der Waals surface area contributed by atoms with Crippen molar-refractivity contribution >= 4 is 22.8 Å². The fourth-order valence-electron chi connectivity index (χ4n) is 4.57. The molecule has 1 saturated carbocycles. The topological polar surface area (TPSA) is 88.5 Å². The van der Waals surface area contributed by atoms with Crippen molar-refractivity contribution in [1.29, 1.82) is 5.26 Å². The number of hydrogen-bond donors (Lipinski definition) is 2. The average molecular weight is 420 g/mol. The lowest BCUT2D eigenvalue weighted by Crippen LogP contribution is -2.57. The van der Waals surface area contributed by atoms with Crippen LogP contribution in [0, 0.1) is 17.2 Å². The second-order valence-corrected chi connectivity index (χ2v) is 8.76. The van der Waals surface area contributed by atoms with Crippen molar-refractivity contribution in [3.8, 4) is 6.07 Å². The fraction of sp³-hybridized carbons (Fsp3) is 0.458. The van der Waals surface area contributed by atoms with Crippen LogP contribution in [0.1, 0.15) is 37.3 Å². The molecular formula is C24H29N5O2. The number of nitriles is 1. The Balaban J connectivity index is 1.45. The highest BCUT2D eigenvalue weighted by Gasteiger charge is 2.41. The number of rotatable bonds is 4. The Labute approximate surface area is 183 Å². The maximum Gasteiger partial charge on any atom is 0.318 e. The molecule has 7 nitrogen and oxygen atoms in total. The summed E-state index contributed by atoms with van der Waals surface area (Å²) in [6.07, 6.45) is 2.95. The number of carbonyl (C=O) groups is 2. The average Bonchev–Trinajstić information content (AvgIpc) is 3.61. The minimum Gasteiger partial charge on any atom is -0.341 e. The van der Waals surface area contributed by atoms with Crippen LogP contribution in [-0.4, -0.2) is 54.1 Å². The number of piperidine rings is 1. The molecule has 2 fully saturated rings. The maximum atomic E-state index is 13.2. The van der Waals surface area contributed by atoms with Crippen molar-refractivity contribution in [3.63, 3.8) is 0 Å². The summed E-state index contributed by atoms with van der Waals surface area (Å²) in [5.41, 5.74) is 1.62. The summed E-state index contributed by atoms with van der Waals surface area (Å²) in [6, 6.07) is 14.0. The molecular weight excluding hydrogens is 390 g/mol. The summed E-state index contributed by atoms with van der Waals surface area (Å²) in [7, 11) is 1.64. The van der Waals surface area contributed by atoms with Gasteiger partial charge in [-0.3, -0.25) is 0 Å². The van der Waals surface area contributed by atoms with E-state index in [9.17, 15) is 9.59 Å². The Bertz CT molecular complexity index is 1030. The summed E-state index contributed by atoms with van der Waals surface area (Å²) < 4.78 is 0. The van der Waals surface area contributed by atoms with E-state index in [1.807, 2.05) is 46.2 Å². The van der Waals surface area contributed by atoms with E-state index in [2.05, 4.69) is 23.6 Å². The molecule has 0 aromatic heterocycles. The Kier molecular flexibility index (Phi) is 5.99. The van der Waals surface area contributed by atoms with Gasteiger partial charge in [-0.15, -0.1) is 0 Å². The van der Waals surface area contributed by atoms with Crippen LogP contribution in [-0.2, 0) is 6.54 Å². The number of nitrogens with one attached hydrogen (secondary N) is 2. The lowest BCUT2D eigenvalue weighted by atomic mass is 9.95. The molecule has 2 N–H and O–H groups in total. The highest BCUT2D eigenvalue weighted by Crippen LogP contribution is 2.32. The number of hydrogen-bond acceptors (Lipinski definition) is 3. The number of urea groups is 2. The Morgan fingerprint density at radius 3 is 2.61 bits per heavy atom. The first-order valence-electron chi connectivity index (χ1n) is 10.9. The lowest BCUT2D eigenvalue weighted by Gasteiger charge is -2.42. The van der Waals surface area contributed by atoms with E-state index >= 15 is 0 Å². The second-order valence-electron chi connectivity index (χ2n) is 8.76. The predicted molar refractivity (Wildman–Crippen MR) is 119 cm³/mol. The van der Waals surface area contributed by atoms with Crippen LogP contribution < -0.4 is 10.6 Å². The van der Waals surface area contributed by atoms with Crippen molar-refractivity contribution in [2.45, 2.75) is 44.8 Å². The molecule has 162 valence electrons. The van der Waals surface area contributed by atoms with Crippen LogP contribution in [0.4, 0.5) is 9.59 Å². The predicted octanol–water partition coefficient (Wildman–Crippen LogP) is 3.44. The van der Waals surface area contributed by atoms with E-state index in [0.29, 0.717) is 24.6 Å². The molecule has 4 amide bonds. The quantitative estimate of drug-likeness (QED) is 0.796. The molecule has 2 aliphatic rings. The standard InChI is InChI=1S/C24H29N5O2/c1-16-9-22(15-28(14-16)23(30)26-2)29(21-7-8-21)24(31)27-13-18-4-6-19-5-3-17(12-25)10-20(19)11-18/h3-6,10-11,16,21-22H,7-9,13-15H2,1-2H3,(H,26,30)(H,27,31). The monoisotopic (exact) mass is 419 g/mol. The third-order valence-electron chi connectivity index (χ3n) is 6.18. The molecule has 0 bridgehead atoms. The Morgan fingerprint density at radius 2 is 1.90 bits per heavy atom. The van der Waals surface area contributed by atoms with E-state index in [0.717, 1.165) is 42.1 Å². The molecule has 2 unspecified atom stereocenters. The largest absolute Gasteiger partial charge is 0.341 e. The Morgan fingerprint density at radius 1 is 1.13 bits per heavy atom. The summed E-state index contributed by atoms with van der Waals surface area (Å²) in [5.74, 6) is 0.347. The van der Waals surface area contributed by atoms with Gasteiger partial charge in [0.1, 0.15) is 0 Å². The van der Waals surface area contributed by atoms with E-state index in [4.69, 9.17) is 5.26 Å². The minimum absolute atomic E-state index is 0.0309. The van der Waals surface area contributed by atoms with Crippen LogP contribution >= 0.6 is 0 Å². The molecule has 31 heavy (non-hydrogen) atoms. The minimum atomic E-state index is -0.0828. The normalized spacial score (nSPS) is 20.7. The Hall–Kier alpha value is -3.27. The third kappa shape index (κ3) is 4.74. The molecule has 0 radical (unpaired) electrons. The number of nitrogens with zero attached hydrogens (tertiary/aromatic N) is 3. The molecule has 7 heteroatoms. The first-order valence-corrected chi connectivity index (χ1v) is 10.9. The van der Waals surface area contributed by atoms with Crippen LogP contribution in [0.3, 0.4) is 0 Å². The SMILES string of the molecule is CNC(=O)N1CC(C)CC(N(C(=O)NCc2ccc3ccc(C#N)cc3c2)C2CC2)C1. The fourth-order valence-corrected chi connectivity index (χ4v) is 4.57. The van der Waals surface area contributed by atoms with Crippen molar-refractivity contribution in [3.05, 3.63) is 47.5 Å². The number of fused-ring (bicyclic) bond motifs is 1. The molecule has 4 rings (SSSR count). The van der Waals surface area contributed by atoms with Gasteiger partial charge in [0, 0.05) is 32.7 Å². The zero-order valence-corrected chi connectivity index (χ0v) is 18.1. The highest BCUT2D eigenvalue weighted by molar-refractivity contribution is 5.84. The van der Waals surface area contributed by atoms with Gasteiger partial charge in [-0.25, -0.2) is 9.59 Å². The zero-order valence-electron chi connectivity index (χ0n) is 18.1. The number of likely N-dealkylation sites (tertiary alicyclic amines) is 1. The third-order valence-corrected chi connectivity index (χ3v) is 6.18. The summed E-state index contributed by atoms with van der Waals surface area (Å²) in [6.45, 7) is 3.85. The maximum absolute atomic E-state index is 13.2. The van der Waals surface area contributed by atoms with E-state index in [-0.39, 0.29) is 24.1 Å². The van der Waals surface area contributed by atoms with E-state index in [1.54, 1.807) is 7.05 Å². The van der Waals surface area contributed by atoms with Crippen LogP contribution in [0.5, 0.6) is 0 Å².